The zero-order chi connectivity index (χ0) is 17.6. The maximum Gasteiger partial charge on any atom is 0.314 e. The van der Waals surface area contributed by atoms with Gasteiger partial charge >= 0.3 is 5.97 Å². The maximum absolute atomic E-state index is 12.4. The van der Waals surface area contributed by atoms with Gasteiger partial charge in [0, 0.05) is 12.0 Å². The van der Waals surface area contributed by atoms with Crippen molar-refractivity contribution in [3.05, 3.63) is 77.6 Å². The molecule has 25 heavy (non-hydrogen) atoms. The molecule has 0 bridgehead atoms. The number of carbonyl (C=O) groups excluding carboxylic acids is 1. The number of rotatable bonds is 7. The molecule has 1 heterocycles. The van der Waals surface area contributed by atoms with Gasteiger partial charge in [-0.05, 0) is 16.0 Å². The molecule has 0 amide bonds. The maximum atomic E-state index is 12.4. The van der Waals surface area contributed by atoms with Crippen LogP contribution < -0.4 is 0 Å². The molecule has 0 fully saturated rings. The molecule has 1 atom stereocenters. The third kappa shape index (κ3) is 3.95. The molecule has 2 aromatic carbocycles. The predicted molar refractivity (Wildman–Crippen MR) is 89.1 cm³/mol. The van der Waals surface area contributed by atoms with Crippen LogP contribution in [0.5, 0.6) is 0 Å². The molecular weight excluding hydrogens is 320 g/mol. The van der Waals surface area contributed by atoms with Crippen molar-refractivity contribution < 1.29 is 14.7 Å². The molecule has 3 aromatic rings. The van der Waals surface area contributed by atoms with Crippen LogP contribution in [0.3, 0.4) is 0 Å². The molecule has 126 valence electrons. The third-order valence-corrected chi connectivity index (χ3v) is 3.83. The van der Waals surface area contributed by atoms with Crippen LogP contribution in [-0.4, -0.2) is 37.1 Å². The van der Waals surface area contributed by atoms with Crippen LogP contribution in [0.15, 0.2) is 60.7 Å². The normalized spacial score (nSPS) is 11.8. The number of carboxylic acid groups (broad SMARTS) is 1. The average molecular weight is 336 g/mol. The van der Waals surface area contributed by atoms with Crippen molar-refractivity contribution in [2.24, 2.45) is 0 Å². The van der Waals surface area contributed by atoms with Crippen LogP contribution in [0.2, 0.25) is 0 Å². The van der Waals surface area contributed by atoms with Crippen LogP contribution in [0.1, 0.15) is 34.1 Å². The van der Waals surface area contributed by atoms with Crippen LogP contribution in [0.4, 0.5) is 0 Å². The minimum absolute atomic E-state index is 0.167. The summed E-state index contributed by atoms with van der Waals surface area (Å²) in [5, 5.41) is 20.9. The number of nitrogens with zero attached hydrogens (tertiary/aromatic N) is 4. The number of hydrogen-bond acceptors (Lipinski definition) is 5. The fourth-order valence-electron chi connectivity index (χ4n) is 2.55. The van der Waals surface area contributed by atoms with Crippen molar-refractivity contribution in [1.29, 1.82) is 0 Å². The Kier molecular flexibility index (Phi) is 4.94. The Bertz CT molecular complexity index is 862. The van der Waals surface area contributed by atoms with Gasteiger partial charge in [-0.25, -0.2) is 4.68 Å². The summed E-state index contributed by atoms with van der Waals surface area (Å²) in [6.45, 7) is 0.340. The van der Waals surface area contributed by atoms with Crippen molar-refractivity contribution in [1.82, 2.24) is 20.2 Å². The minimum atomic E-state index is -1.13. The van der Waals surface area contributed by atoms with Crippen molar-refractivity contribution in [2.75, 3.05) is 0 Å². The number of Topliss-reactive ketones (excluding diaryl/α,β-unsaturated/α-hetero) is 1. The van der Waals surface area contributed by atoms with E-state index in [2.05, 4.69) is 15.5 Å². The van der Waals surface area contributed by atoms with E-state index >= 15 is 0 Å². The van der Waals surface area contributed by atoms with E-state index in [0.717, 1.165) is 5.56 Å². The molecule has 0 aliphatic rings. The Morgan fingerprint density at radius 3 is 2.28 bits per heavy atom. The Balaban J connectivity index is 1.83. The largest absolute Gasteiger partial charge is 0.481 e. The SMILES string of the molecule is O=C(CC(C(=O)O)c1nnnn1Cc1ccccc1)c1ccccc1. The molecule has 7 heteroatoms. The van der Waals surface area contributed by atoms with Crippen molar-refractivity contribution in [3.8, 4) is 0 Å². The van der Waals surface area contributed by atoms with Gasteiger partial charge in [-0.3, -0.25) is 9.59 Å². The number of carboxylic acids is 1. The van der Waals surface area contributed by atoms with E-state index < -0.39 is 11.9 Å². The van der Waals surface area contributed by atoms with Gasteiger partial charge in [0.05, 0.1) is 6.54 Å². The highest BCUT2D eigenvalue weighted by Crippen LogP contribution is 2.21. The van der Waals surface area contributed by atoms with Crippen LogP contribution in [0.25, 0.3) is 0 Å². The number of ketones is 1. The molecular formula is C18H16N4O3. The van der Waals surface area contributed by atoms with Crippen LogP contribution in [-0.2, 0) is 11.3 Å². The highest BCUT2D eigenvalue weighted by Gasteiger charge is 2.29. The molecule has 7 nitrogen and oxygen atoms in total. The van der Waals surface area contributed by atoms with Crippen LogP contribution >= 0.6 is 0 Å². The number of aliphatic carboxylic acids is 1. The van der Waals surface area contributed by atoms with E-state index in [9.17, 15) is 14.7 Å². The van der Waals surface area contributed by atoms with Gasteiger partial charge in [-0.1, -0.05) is 60.7 Å². The van der Waals surface area contributed by atoms with Gasteiger partial charge in [0.2, 0.25) is 0 Å². The van der Waals surface area contributed by atoms with Gasteiger partial charge in [0.15, 0.2) is 11.6 Å². The monoisotopic (exact) mass is 336 g/mol. The molecule has 0 aliphatic carbocycles. The van der Waals surface area contributed by atoms with E-state index in [1.165, 1.54) is 4.68 Å². The lowest BCUT2D eigenvalue weighted by atomic mass is 9.97. The first-order valence-electron chi connectivity index (χ1n) is 7.76. The molecule has 3 rings (SSSR count). The molecule has 1 aromatic heterocycles. The number of tetrazole rings is 1. The zero-order valence-electron chi connectivity index (χ0n) is 13.3. The molecule has 0 saturated carbocycles. The quantitative estimate of drug-likeness (QED) is 0.664. The van der Waals surface area contributed by atoms with E-state index in [4.69, 9.17) is 0 Å². The van der Waals surface area contributed by atoms with Crippen LogP contribution in [0, 0.1) is 0 Å². The van der Waals surface area contributed by atoms with E-state index in [1.54, 1.807) is 30.3 Å². The number of benzene rings is 2. The summed E-state index contributed by atoms with van der Waals surface area (Å²) >= 11 is 0. The van der Waals surface area contributed by atoms with Gasteiger partial charge in [0.1, 0.15) is 5.92 Å². The summed E-state index contributed by atoms with van der Waals surface area (Å²) in [5.41, 5.74) is 1.41. The molecule has 0 radical (unpaired) electrons. The van der Waals surface area contributed by atoms with Gasteiger partial charge in [-0.15, -0.1) is 5.10 Å². The fourth-order valence-corrected chi connectivity index (χ4v) is 2.55. The Labute approximate surface area is 143 Å². The zero-order valence-corrected chi connectivity index (χ0v) is 13.3. The molecule has 0 aliphatic heterocycles. The average Bonchev–Trinajstić information content (AvgIpc) is 3.08. The van der Waals surface area contributed by atoms with Crippen molar-refractivity contribution in [2.45, 2.75) is 18.9 Å². The lowest BCUT2D eigenvalue weighted by Gasteiger charge is -2.12. The summed E-state index contributed by atoms with van der Waals surface area (Å²) in [4.78, 5) is 24.1. The van der Waals surface area contributed by atoms with Gasteiger partial charge in [-0.2, -0.15) is 0 Å². The smallest absolute Gasteiger partial charge is 0.314 e. The Hall–Kier alpha value is -3.35. The lowest BCUT2D eigenvalue weighted by molar-refractivity contribution is -0.139. The Morgan fingerprint density at radius 1 is 1.00 bits per heavy atom. The second kappa shape index (κ2) is 7.48. The summed E-state index contributed by atoms with van der Waals surface area (Å²) in [5.74, 6) is -2.33. The first kappa shape index (κ1) is 16.5. The van der Waals surface area contributed by atoms with E-state index in [0.29, 0.717) is 12.1 Å². The highest BCUT2D eigenvalue weighted by molar-refractivity contribution is 5.98. The third-order valence-electron chi connectivity index (χ3n) is 3.83. The lowest BCUT2D eigenvalue weighted by Crippen LogP contribution is -2.21. The number of aromatic nitrogens is 4. The van der Waals surface area contributed by atoms with E-state index in [1.807, 2.05) is 30.3 Å². The topological polar surface area (TPSA) is 98.0 Å². The first-order valence-corrected chi connectivity index (χ1v) is 7.76. The summed E-state index contributed by atoms with van der Waals surface area (Å²) in [6, 6.07) is 18.1. The summed E-state index contributed by atoms with van der Waals surface area (Å²) in [6.07, 6.45) is -0.200. The molecule has 0 saturated heterocycles. The molecule has 1 N–H and O–H groups in total. The number of carbonyl (C=O) groups is 2. The highest BCUT2D eigenvalue weighted by atomic mass is 16.4. The molecule has 1 unspecified atom stereocenters. The minimum Gasteiger partial charge on any atom is -0.481 e. The standard InChI is InChI=1S/C18H16N4O3/c23-16(14-9-5-2-6-10-14)11-15(18(24)25)17-19-20-21-22(17)12-13-7-3-1-4-8-13/h1-10,15H,11-12H2,(H,24,25). The first-order chi connectivity index (χ1) is 12.1. The van der Waals surface area contributed by atoms with Gasteiger partial charge in [0.25, 0.3) is 0 Å². The predicted octanol–water partition coefficient (Wildman–Crippen LogP) is 2.16. The fraction of sp³-hybridized carbons (Fsp3) is 0.167. The second-order valence-electron chi connectivity index (χ2n) is 5.56. The van der Waals surface area contributed by atoms with Crippen molar-refractivity contribution >= 4 is 11.8 Å². The second-order valence-corrected chi connectivity index (χ2v) is 5.56. The van der Waals surface area contributed by atoms with Gasteiger partial charge < -0.3 is 5.11 Å². The summed E-state index contributed by atoms with van der Waals surface area (Å²) in [7, 11) is 0. The Morgan fingerprint density at radius 2 is 1.64 bits per heavy atom. The summed E-state index contributed by atoms with van der Waals surface area (Å²) < 4.78 is 1.42. The van der Waals surface area contributed by atoms with Crippen molar-refractivity contribution in [3.63, 3.8) is 0 Å². The molecule has 0 spiro atoms. The van der Waals surface area contributed by atoms with E-state index in [-0.39, 0.29) is 18.0 Å². The number of hydrogen-bond donors (Lipinski definition) is 1.